The van der Waals surface area contributed by atoms with Gasteiger partial charge < -0.3 is 15.5 Å². The molecule has 0 aliphatic rings. The van der Waals surface area contributed by atoms with Gasteiger partial charge in [0.2, 0.25) is 0 Å². The number of aliphatic hydroxyl groups is 1. The van der Waals surface area contributed by atoms with E-state index < -0.39 is 0 Å². The average molecular weight is 334 g/mol. The molecule has 0 saturated carbocycles. The first-order valence-corrected chi connectivity index (χ1v) is 9.26. The van der Waals surface area contributed by atoms with E-state index in [0.717, 1.165) is 30.7 Å². The highest BCUT2D eigenvalue weighted by Gasteiger charge is 2.17. The van der Waals surface area contributed by atoms with Gasteiger partial charge in [0.05, 0.1) is 6.10 Å². The van der Waals surface area contributed by atoms with E-state index in [0.29, 0.717) is 5.92 Å². The van der Waals surface area contributed by atoms with Crippen LogP contribution in [-0.2, 0) is 6.42 Å². The van der Waals surface area contributed by atoms with Crippen LogP contribution in [0.25, 0.3) is 0 Å². The van der Waals surface area contributed by atoms with E-state index in [-0.39, 0.29) is 17.9 Å². The largest absolute Gasteiger partial charge is 0.508 e. The van der Waals surface area contributed by atoms with Crippen molar-refractivity contribution in [2.24, 2.45) is 11.8 Å². The minimum atomic E-state index is -0.377. The Morgan fingerprint density at radius 2 is 1.83 bits per heavy atom. The summed E-state index contributed by atoms with van der Waals surface area (Å²) in [5.41, 5.74) is 1.11. The van der Waals surface area contributed by atoms with Crippen molar-refractivity contribution in [3.8, 4) is 5.75 Å². The van der Waals surface area contributed by atoms with Crippen LogP contribution in [0.3, 0.4) is 0 Å². The van der Waals surface area contributed by atoms with E-state index in [9.17, 15) is 10.2 Å². The molecule has 0 heterocycles. The molecule has 1 rings (SSSR count). The minimum Gasteiger partial charge on any atom is -0.508 e. The van der Waals surface area contributed by atoms with E-state index in [2.05, 4.69) is 38.2 Å². The molecule has 0 amide bonds. The molecule has 0 radical (unpaired) electrons. The quantitative estimate of drug-likeness (QED) is 0.529. The summed E-state index contributed by atoms with van der Waals surface area (Å²) < 4.78 is 0. The third-order valence-corrected chi connectivity index (χ3v) is 4.79. The van der Waals surface area contributed by atoms with Gasteiger partial charge in [-0.3, -0.25) is 0 Å². The lowest BCUT2D eigenvalue weighted by molar-refractivity contribution is 0.122. The van der Waals surface area contributed by atoms with Crippen molar-refractivity contribution < 1.29 is 10.2 Å². The fourth-order valence-electron chi connectivity index (χ4n) is 2.99. The summed E-state index contributed by atoms with van der Waals surface area (Å²) in [6, 6.07) is 7.22. The second-order valence-electron chi connectivity index (χ2n) is 7.06. The molecule has 0 bridgehead atoms. The highest BCUT2D eigenvalue weighted by atomic mass is 16.3. The number of likely N-dealkylation sites (N-methyl/N-ethyl adjacent to an activating group) is 1. The lowest BCUT2D eigenvalue weighted by Crippen LogP contribution is -2.39. The number of phenolic OH excluding ortho intramolecular Hbond substituents is 1. The zero-order valence-corrected chi connectivity index (χ0v) is 15.7. The number of hydrogen-bond acceptors (Lipinski definition) is 3. The van der Waals surface area contributed by atoms with Crippen molar-refractivity contribution in [1.82, 2.24) is 5.32 Å². The zero-order valence-electron chi connectivity index (χ0n) is 15.7. The summed E-state index contributed by atoms with van der Waals surface area (Å²) >= 11 is 0. The predicted octanol–water partition coefficient (Wildman–Crippen LogP) is 4.29. The Morgan fingerprint density at radius 1 is 1.17 bits per heavy atom. The second-order valence-corrected chi connectivity index (χ2v) is 7.06. The highest BCUT2D eigenvalue weighted by Crippen LogP contribution is 2.17. The summed E-state index contributed by atoms with van der Waals surface area (Å²) in [4.78, 5) is 0. The Balaban J connectivity index is 2.38. The lowest BCUT2D eigenvalue weighted by Gasteiger charge is -2.22. The van der Waals surface area contributed by atoms with Gasteiger partial charge in [0, 0.05) is 6.04 Å². The van der Waals surface area contributed by atoms with Crippen LogP contribution in [0.4, 0.5) is 0 Å². The molecule has 3 N–H and O–H groups in total. The molecule has 0 fully saturated rings. The van der Waals surface area contributed by atoms with Gasteiger partial charge in [-0.1, -0.05) is 51.5 Å². The SMILES string of the molecule is CC[C@@H](C)C[C@@H](C)/C=C/CC[C@@H](O)[C@H](Cc1ccc(O)cc1)NC. The van der Waals surface area contributed by atoms with Crippen molar-refractivity contribution in [3.05, 3.63) is 42.0 Å². The van der Waals surface area contributed by atoms with Crippen LogP contribution in [-0.4, -0.2) is 29.4 Å². The Hall–Kier alpha value is -1.32. The molecule has 0 aromatic heterocycles. The van der Waals surface area contributed by atoms with Crippen LogP contribution in [0, 0.1) is 11.8 Å². The monoisotopic (exact) mass is 333 g/mol. The molecule has 136 valence electrons. The number of hydrogen-bond donors (Lipinski definition) is 3. The summed E-state index contributed by atoms with van der Waals surface area (Å²) in [6.45, 7) is 6.80. The number of aromatic hydroxyl groups is 1. The Labute approximate surface area is 147 Å². The van der Waals surface area contributed by atoms with Gasteiger partial charge in [0.15, 0.2) is 0 Å². The van der Waals surface area contributed by atoms with Gasteiger partial charge in [-0.2, -0.15) is 0 Å². The standard InChI is InChI=1S/C21H35NO2/c1-5-16(2)14-17(3)8-6-7-9-21(24)20(22-4)15-18-10-12-19(23)13-11-18/h6,8,10-13,16-17,20-24H,5,7,9,14-15H2,1-4H3/b8-6+/t16-,17+,20+,21-/m1/s1. The van der Waals surface area contributed by atoms with Gasteiger partial charge in [0.1, 0.15) is 5.75 Å². The van der Waals surface area contributed by atoms with Crippen LogP contribution in [0.15, 0.2) is 36.4 Å². The van der Waals surface area contributed by atoms with Crippen LogP contribution >= 0.6 is 0 Å². The van der Waals surface area contributed by atoms with E-state index in [1.165, 1.54) is 12.8 Å². The summed E-state index contributed by atoms with van der Waals surface area (Å²) in [7, 11) is 1.89. The van der Waals surface area contributed by atoms with Crippen molar-refractivity contribution >= 4 is 0 Å². The highest BCUT2D eigenvalue weighted by molar-refractivity contribution is 5.26. The maximum absolute atomic E-state index is 10.4. The molecule has 24 heavy (non-hydrogen) atoms. The number of rotatable bonds is 11. The summed E-state index contributed by atoms with van der Waals surface area (Å²) in [6.07, 6.45) is 9.00. The zero-order chi connectivity index (χ0) is 17.9. The van der Waals surface area contributed by atoms with Crippen LogP contribution in [0.5, 0.6) is 5.75 Å². The Bertz CT molecular complexity index is 469. The van der Waals surface area contributed by atoms with Gasteiger partial charge in [-0.05, 0) is 62.3 Å². The first-order chi connectivity index (χ1) is 11.5. The van der Waals surface area contributed by atoms with Gasteiger partial charge >= 0.3 is 0 Å². The number of phenols is 1. The smallest absolute Gasteiger partial charge is 0.115 e. The molecule has 0 aliphatic heterocycles. The van der Waals surface area contributed by atoms with Gasteiger partial charge in [-0.15, -0.1) is 0 Å². The predicted molar refractivity (Wildman–Crippen MR) is 102 cm³/mol. The molecular formula is C21H35NO2. The molecule has 0 spiro atoms. The van der Waals surface area contributed by atoms with Crippen molar-refractivity contribution in [2.45, 2.75) is 65.0 Å². The number of nitrogens with one attached hydrogen (secondary N) is 1. The molecular weight excluding hydrogens is 298 g/mol. The van der Waals surface area contributed by atoms with E-state index in [4.69, 9.17) is 0 Å². The van der Waals surface area contributed by atoms with Crippen molar-refractivity contribution in [2.75, 3.05) is 7.05 Å². The van der Waals surface area contributed by atoms with Crippen molar-refractivity contribution in [1.29, 1.82) is 0 Å². The average Bonchev–Trinajstić information content (AvgIpc) is 2.57. The summed E-state index contributed by atoms with van der Waals surface area (Å²) in [5, 5.41) is 23.0. The van der Waals surface area contributed by atoms with E-state index in [1.807, 2.05) is 19.2 Å². The first-order valence-electron chi connectivity index (χ1n) is 9.26. The molecule has 4 atom stereocenters. The molecule has 0 saturated heterocycles. The Morgan fingerprint density at radius 3 is 2.42 bits per heavy atom. The molecule has 3 nitrogen and oxygen atoms in total. The van der Waals surface area contributed by atoms with Crippen molar-refractivity contribution in [3.63, 3.8) is 0 Å². The van der Waals surface area contributed by atoms with E-state index in [1.54, 1.807) is 12.1 Å². The molecule has 0 aliphatic carbocycles. The molecule has 0 unspecified atom stereocenters. The fourth-order valence-corrected chi connectivity index (χ4v) is 2.99. The molecule has 1 aromatic carbocycles. The third kappa shape index (κ3) is 7.98. The number of benzene rings is 1. The topological polar surface area (TPSA) is 52.5 Å². The normalized spacial score (nSPS) is 16.9. The van der Waals surface area contributed by atoms with Crippen LogP contribution in [0.2, 0.25) is 0 Å². The second kappa shape index (κ2) is 11.3. The number of aliphatic hydroxyl groups excluding tert-OH is 1. The number of allylic oxidation sites excluding steroid dienone is 2. The molecule has 3 heteroatoms. The third-order valence-electron chi connectivity index (χ3n) is 4.79. The summed E-state index contributed by atoms with van der Waals surface area (Å²) in [5.74, 6) is 1.65. The minimum absolute atomic E-state index is 0.0282. The van der Waals surface area contributed by atoms with Gasteiger partial charge in [0.25, 0.3) is 0 Å². The lowest BCUT2D eigenvalue weighted by atomic mass is 9.94. The maximum atomic E-state index is 10.4. The van der Waals surface area contributed by atoms with E-state index >= 15 is 0 Å². The van der Waals surface area contributed by atoms with Crippen LogP contribution in [0.1, 0.15) is 52.0 Å². The fraction of sp³-hybridized carbons (Fsp3) is 0.619. The van der Waals surface area contributed by atoms with Gasteiger partial charge in [-0.25, -0.2) is 0 Å². The maximum Gasteiger partial charge on any atom is 0.115 e. The van der Waals surface area contributed by atoms with Crippen LogP contribution < -0.4 is 5.32 Å². The Kier molecular flexibility index (Phi) is 9.73. The molecule has 1 aromatic rings. The first kappa shape index (κ1) is 20.7.